The summed E-state index contributed by atoms with van der Waals surface area (Å²) in [4.78, 5) is 0. The Hall–Kier alpha value is -0.550. The molecule has 68 valence electrons. The highest BCUT2D eigenvalue weighted by Crippen LogP contribution is 2.37. The van der Waals surface area contributed by atoms with Crippen molar-refractivity contribution in [1.29, 1.82) is 5.26 Å². The van der Waals surface area contributed by atoms with Gasteiger partial charge in [0.05, 0.1) is 23.2 Å². The number of rotatable bonds is 0. The molecule has 1 aliphatic heterocycles. The first-order valence-electron chi connectivity index (χ1n) is 4.44. The third kappa shape index (κ3) is 2.22. The molecule has 0 atom stereocenters. The van der Waals surface area contributed by atoms with Gasteiger partial charge >= 0.3 is 0 Å². The number of nitrogens with zero attached hydrogens (tertiary/aromatic N) is 1. The Morgan fingerprint density at radius 3 is 1.92 bits per heavy atom. The molecule has 12 heavy (non-hydrogen) atoms. The van der Waals surface area contributed by atoms with Crippen molar-refractivity contribution >= 4 is 0 Å². The fourth-order valence-electron chi connectivity index (χ4n) is 2.18. The van der Waals surface area contributed by atoms with E-state index in [0.717, 1.165) is 12.8 Å². The Morgan fingerprint density at radius 1 is 1.17 bits per heavy atom. The second-order valence-corrected chi connectivity index (χ2v) is 4.86. The largest absolute Gasteiger partial charge is 0.370 e. The Bertz CT molecular complexity index is 196. The maximum Gasteiger partial charge on any atom is 0.0658 e. The minimum Gasteiger partial charge on any atom is -0.370 e. The van der Waals surface area contributed by atoms with Gasteiger partial charge in [-0.2, -0.15) is 5.26 Å². The molecular weight excluding hydrogens is 150 g/mol. The predicted molar refractivity (Wildman–Crippen MR) is 47.6 cm³/mol. The van der Waals surface area contributed by atoms with E-state index in [9.17, 15) is 0 Å². The number of nitriles is 1. The first kappa shape index (κ1) is 9.54. The number of hydrogen-bond acceptors (Lipinski definition) is 2. The lowest BCUT2D eigenvalue weighted by Crippen LogP contribution is -2.44. The van der Waals surface area contributed by atoms with E-state index in [1.54, 1.807) is 0 Å². The van der Waals surface area contributed by atoms with Gasteiger partial charge in [-0.15, -0.1) is 0 Å². The normalized spacial score (nSPS) is 27.9. The van der Waals surface area contributed by atoms with Gasteiger partial charge in [0.2, 0.25) is 0 Å². The summed E-state index contributed by atoms with van der Waals surface area (Å²) in [6.07, 6.45) is 1.71. The van der Waals surface area contributed by atoms with Crippen LogP contribution in [0.5, 0.6) is 0 Å². The van der Waals surface area contributed by atoms with Crippen LogP contribution in [0.25, 0.3) is 0 Å². The van der Waals surface area contributed by atoms with Gasteiger partial charge in [-0.05, 0) is 40.5 Å². The third-order valence-electron chi connectivity index (χ3n) is 2.21. The molecule has 1 fully saturated rings. The van der Waals surface area contributed by atoms with Crippen molar-refractivity contribution in [3.8, 4) is 6.07 Å². The van der Waals surface area contributed by atoms with Crippen molar-refractivity contribution < 1.29 is 4.74 Å². The molecule has 0 amide bonds. The molecule has 1 heterocycles. The zero-order chi connectivity index (χ0) is 9.41. The second kappa shape index (κ2) is 2.74. The van der Waals surface area contributed by atoms with Crippen LogP contribution in [0.4, 0.5) is 0 Å². The smallest absolute Gasteiger partial charge is 0.0658 e. The monoisotopic (exact) mass is 167 g/mol. The molecule has 0 spiro atoms. The number of hydrogen-bond donors (Lipinski definition) is 0. The highest BCUT2D eigenvalue weighted by molar-refractivity contribution is 4.97. The van der Waals surface area contributed by atoms with Gasteiger partial charge in [0.1, 0.15) is 0 Å². The summed E-state index contributed by atoms with van der Waals surface area (Å²) in [6, 6.07) is 2.34. The van der Waals surface area contributed by atoms with E-state index in [2.05, 4.69) is 33.8 Å². The molecule has 0 radical (unpaired) electrons. The van der Waals surface area contributed by atoms with Crippen LogP contribution in [0, 0.1) is 17.2 Å². The molecule has 0 aromatic carbocycles. The van der Waals surface area contributed by atoms with E-state index in [1.807, 2.05) is 0 Å². The molecule has 0 aliphatic carbocycles. The van der Waals surface area contributed by atoms with Gasteiger partial charge in [0, 0.05) is 0 Å². The molecule has 1 aliphatic rings. The summed E-state index contributed by atoms with van der Waals surface area (Å²) < 4.78 is 5.84. The summed E-state index contributed by atoms with van der Waals surface area (Å²) >= 11 is 0. The molecule has 2 nitrogen and oxygen atoms in total. The van der Waals surface area contributed by atoms with Gasteiger partial charge in [-0.1, -0.05) is 0 Å². The highest BCUT2D eigenvalue weighted by Gasteiger charge is 2.39. The average Bonchev–Trinajstić information content (AvgIpc) is 1.80. The maximum absolute atomic E-state index is 8.85. The lowest BCUT2D eigenvalue weighted by atomic mass is 9.82. The van der Waals surface area contributed by atoms with Crippen LogP contribution in [0.1, 0.15) is 40.5 Å². The fourth-order valence-corrected chi connectivity index (χ4v) is 2.18. The Kier molecular flexibility index (Phi) is 2.18. The van der Waals surface area contributed by atoms with Crippen molar-refractivity contribution in [2.75, 3.05) is 0 Å². The van der Waals surface area contributed by atoms with E-state index >= 15 is 0 Å². The van der Waals surface area contributed by atoms with Gasteiger partial charge in [-0.25, -0.2) is 0 Å². The van der Waals surface area contributed by atoms with E-state index in [0.29, 0.717) is 0 Å². The molecule has 1 rings (SSSR count). The summed E-state index contributed by atoms with van der Waals surface area (Å²) in [5.74, 6) is 0.156. The Labute approximate surface area is 74.5 Å². The van der Waals surface area contributed by atoms with Crippen LogP contribution < -0.4 is 0 Å². The highest BCUT2D eigenvalue weighted by atomic mass is 16.5. The van der Waals surface area contributed by atoms with Crippen LogP contribution in [-0.2, 0) is 4.74 Å². The molecule has 0 aromatic heterocycles. The topological polar surface area (TPSA) is 33.0 Å². The van der Waals surface area contributed by atoms with Crippen molar-refractivity contribution in [1.82, 2.24) is 0 Å². The molecule has 0 N–H and O–H groups in total. The van der Waals surface area contributed by atoms with Crippen molar-refractivity contribution in [3.63, 3.8) is 0 Å². The standard InChI is InChI=1S/C10H17NO/c1-9(2)5-8(7-11)6-10(3,4)12-9/h8H,5-6H2,1-4H3. The van der Waals surface area contributed by atoms with Gasteiger partial charge in [-0.3, -0.25) is 0 Å². The molecule has 0 bridgehead atoms. The lowest BCUT2D eigenvalue weighted by Gasteiger charge is -2.43. The quantitative estimate of drug-likeness (QED) is 0.555. The molecule has 0 unspecified atom stereocenters. The Balaban J connectivity index is 2.75. The van der Waals surface area contributed by atoms with Crippen molar-refractivity contribution in [2.24, 2.45) is 5.92 Å². The summed E-state index contributed by atoms with van der Waals surface area (Å²) in [7, 11) is 0. The van der Waals surface area contributed by atoms with Crippen LogP contribution >= 0.6 is 0 Å². The van der Waals surface area contributed by atoms with Crippen LogP contribution in [0.2, 0.25) is 0 Å². The SMILES string of the molecule is CC1(C)CC(C#N)CC(C)(C)O1. The van der Waals surface area contributed by atoms with E-state index in [4.69, 9.17) is 10.00 Å². The summed E-state index contributed by atoms with van der Waals surface area (Å²) in [6.45, 7) is 8.22. The van der Waals surface area contributed by atoms with Crippen molar-refractivity contribution in [3.05, 3.63) is 0 Å². The summed E-state index contributed by atoms with van der Waals surface area (Å²) in [5, 5.41) is 8.85. The maximum atomic E-state index is 8.85. The zero-order valence-corrected chi connectivity index (χ0v) is 8.35. The van der Waals surface area contributed by atoms with Gasteiger partial charge < -0.3 is 4.74 Å². The summed E-state index contributed by atoms with van der Waals surface area (Å²) in [5.41, 5.74) is -0.274. The molecule has 2 heteroatoms. The van der Waals surface area contributed by atoms with Gasteiger partial charge in [0.15, 0.2) is 0 Å². The molecule has 0 saturated carbocycles. The predicted octanol–water partition coefficient (Wildman–Crippen LogP) is 2.49. The second-order valence-electron chi connectivity index (χ2n) is 4.86. The third-order valence-corrected chi connectivity index (χ3v) is 2.21. The zero-order valence-electron chi connectivity index (χ0n) is 8.35. The Morgan fingerprint density at radius 2 is 1.58 bits per heavy atom. The molecule has 0 aromatic rings. The fraction of sp³-hybridized carbons (Fsp3) is 0.900. The van der Waals surface area contributed by atoms with Gasteiger partial charge in [0.25, 0.3) is 0 Å². The minimum absolute atomic E-state index is 0.137. The van der Waals surface area contributed by atoms with Crippen LogP contribution in [0.15, 0.2) is 0 Å². The molecule has 1 saturated heterocycles. The van der Waals surface area contributed by atoms with Crippen LogP contribution in [-0.4, -0.2) is 11.2 Å². The van der Waals surface area contributed by atoms with E-state index in [-0.39, 0.29) is 17.1 Å². The average molecular weight is 167 g/mol. The minimum atomic E-state index is -0.137. The van der Waals surface area contributed by atoms with Crippen molar-refractivity contribution in [2.45, 2.75) is 51.7 Å². The lowest BCUT2D eigenvalue weighted by molar-refractivity contribution is -0.165. The number of ether oxygens (including phenoxy) is 1. The molecular formula is C10H17NO. The van der Waals surface area contributed by atoms with E-state index < -0.39 is 0 Å². The first-order valence-corrected chi connectivity index (χ1v) is 4.44. The van der Waals surface area contributed by atoms with E-state index in [1.165, 1.54) is 0 Å². The van der Waals surface area contributed by atoms with Crippen LogP contribution in [0.3, 0.4) is 0 Å². The first-order chi connectivity index (χ1) is 5.35.